The van der Waals surface area contributed by atoms with Gasteiger partial charge in [0.15, 0.2) is 0 Å². The van der Waals surface area contributed by atoms with E-state index in [1.807, 2.05) is 23.6 Å². The van der Waals surface area contributed by atoms with E-state index >= 15 is 0 Å². The predicted octanol–water partition coefficient (Wildman–Crippen LogP) is 2.46. The number of urea groups is 1. The molecule has 1 aliphatic heterocycles. The van der Waals surface area contributed by atoms with Crippen molar-refractivity contribution in [1.82, 2.24) is 10.2 Å². The van der Waals surface area contributed by atoms with Crippen molar-refractivity contribution >= 4 is 17.8 Å². The number of thioether (sulfide) groups is 1. The van der Waals surface area contributed by atoms with Crippen LogP contribution in [-0.4, -0.2) is 52.8 Å². The van der Waals surface area contributed by atoms with E-state index in [0.717, 1.165) is 38.1 Å². The van der Waals surface area contributed by atoms with Crippen LogP contribution in [0.15, 0.2) is 0 Å². The molecule has 1 fully saturated rings. The predicted molar refractivity (Wildman–Crippen MR) is 81.7 cm³/mol. The van der Waals surface area contributed by atoms with E-state index in [-0.39, 0.29) is 18.7 Å². The summed E-state index contributed by atoms with van der Waals surface area (Å²) in [5.41, 5.74) is 0. The average molecular weight is 288 g/mol. The molecule has 2 unspecified atom stereocenters. The molecule has 0 aromatic rings. The first-order valence-electron chi connectivity index (χ1n) is 7.45. The van der Waals surface area contributed by atoms with Gasteiger partial charge in [0.25, 0.3) is 0 Å². The van der Waals surface area contributed by atoms with Crippen LogP contribution in [0.3, 0.4) is 0 Å². The highest BCUT2D eigenvalue weighted by atomic mass is 32.2. The van der Waals surface area contributed by atoms with Gasteiger partial charge in [0, 0.05) is 31.0 Å². The van der Waals surface area contributed by atoms with Crippen molar-refractivity contribution < 1.29 is 9.90 Å². The Kier molecular flexibility index (Phi) is 8.30. The largest absolute Gasteiger partial charge is 0.396 e. The van der Waals surface area contributed by atoms with E-state index in [1.165, 1.54) is 12.8 Å². The van der Waals surface area contributed by atoms with Crippen LogP contribution >= 0.6 is 11.8 Å². The number of hydrogen-bond donors (Lipinski definition) is 2. The summed E-state index contributed by atoms with van der Waals surface area (Å²) < 4.78 is 0. The van der Waals surface area contributed by atoms with Gasteiger partial charge in [-0.3, -0.25) is 0 Å². The summed E-state index contributed by atoms with van der Waals surface area (Å²) in [5.74, 6) is 1.12. The van der Waals surface area contributed by atoms with Gasteiger partial charge in [-0.2, -0.15) is 11.8 Å². The molecule has 2 atom stereocenters. The molecule has 0 bridgehead atoms. The van der Waals surface area contributed by atoms with Crippen LogP contribution in [0.5, 0.6) is 0 Å². The Balaban J connectivity index is 2.40. The molecule has 0 aromatic carbocycles. The molecular weight excluding hydrogens is 260 g/mol. The van der Waals surface area contributed by atoms with Crippen LogP contribution < -0.4 is 5.32 Å². The molecule has 2 N–H and O–H groups in total. The average Bonchev–Trinajstić information content (AvgIpc) is 2.62. The highest BCUT2D eigenvalue weighted by molar-refractivity contribution is 7.99. The number of aliphatic hydroxyl groups excluding tert-OH is 1. The van der Waals surface area contributed by atoms with Crippen LogP contribution in [0.4, 0.5) is 4.79 Å². The molecule has 1 rings (SSSR count). The van der Waals surface area contributed by atoms with Crippen molar-refractivity contribution in [1.29, 1.82) is 0 Å². The highest BCUT2D eigenvalue weighted by Gasteiger charge is 2.22. The van der Waals surface area contributed by atoms with Gasteiger partial charge in [-0.15, -0.1) is 0 Å². The van der Waals surface area contributed by atoms with E-state index < -0.39 is 0 Å². The zero-order valence-electron chi connectivity index (χ0n) is 12.2. The van der Waals surface area contributed by atoms with Crippen LogP contribution in [0.25, 0.3) is 0 Å². The maximum Gasteiger partial charge on any atom is 0.317 e. The summed E-state index contributed by atoms with van der Waals surface area (Å²) in [5, 5.41) is 12.4. The summed E-state index contributed by atoms with van der Waals surface area (Å²) in [4.78, 5) is 14.2. The van der Waals surface area contributed by atoms with Crippen molar-refractivity contribution in [2.75, 3.05) is 25.4 Å². The van der Waals surface area contributed by atoms with Crippen molar-refractivity contribution in [3.63, 3.8) is 0 Å². The standard InChI is InChI=1S/C14H28N2O2S/c1-3-19-13-8-4-5-9-16(11-13)14(18)15-12(2)7-6-10-17/h12-13,17H,3-11H2,1-2H3,(H,15,18). The number of carbonyl (C=O) groups excluding carboxylic acids is 1. The minimum Gasteiger partial charge on any atom is -0.396 e. The summed E-state index contributed by atoms with van der Waals surface area (Å²) in [7, 11) is 0. The smallest absolute Gasteiger partial charge is 0.317 e. The summed E-state index contributed by atoms with van der Waals surface area (Å²) >= 11 is 1.96. The Hall–Kier alpha value is -0.420. The number of carbonyl (C=O) groups is 1. The van der Waals surface area contributed by atoms with Crippen molar-refractivity contribution in [2.45, 2.75) is 57.2 Å². The molecule has 0 radical (unpaired) electrons. The molecule has 0 aliphatic carbocycles. The summed E-state index contributed by atoms with van der Waals surface area (Å²) in [6, 6.07) is 0.203. The number of rotatable bonds is 6. The molecule has 112 valence electrons. The summed E-state index contributed by atoms with van der Waals surface area (Å²) in [6.07, 6.45) is 5.14. The summed E-state index contributed by atoms with van der Waals surface area (Å²) in [6.45, 7) is 6.12. The van der Waals surface area contributed by atoms with Gasteiger partial charge in [-0.05, 0) is 38.4 Å². The minimum absolute atomic E-state index is 0.0639. The third kappa shape index (κ3) is 6.52. The van der Waals surface area contributed by atoms with Crippen molar-refractivity contribution in [3.05, 3.63) is 0 Å². The van der Waals surface area contributed by atoms with Crippen molar-refractivity contribution in [3.8, 4) is 0 Å². The zero-order chi connectivity index (χ0) is 14.1. The van der Waals surface area contributed by atoms with Gasteiger partial charge in [-0.1, -0.05) is 13.3 Å². The molecule has 5 heteroatoms. The molecular formula is C14H28N2O2S. The molecule has 1 heterocycles. The fourth-order valence-corrected chi connectivity index (χ4v) is 3.52. The first-order valence-corrected chi connectivity index (χ1v) is 8.50. The molecule has 19 heavy (non-hydrogen) atoms. The number of likely N-dealkylation sites (tertiary alicyclic amines) is 1. The molecule has 2 amide bonds. The first kappa shape index (κ1) is 16.6. The quantitative estimate of drug-likeness (QED) is 0.789. The van der Waals surface area contributed by atoms with Crippen LogP contribution in [-0.2, 0) is 0 Å². The van der Waals surface area contributed by atoms with Gasteiger partial charge in [-0.25, -0.2) is 4.79 Å². The Morgan fingerprint density at radius 3 is 3.00 bits per heavy atom. The normalized spacial score (nSPS) is 21.8. The lowest BCUT2D eigenvalue weighted by Crippen LogP contribution is -2.45. The third-order valence-electron chi connectivity index (χ3n) is 3.48. The van der Waals surface area contributed by atoms with E-state index in [0.29, 0.717) is 5.25 Å². The van der Waals surface area contributed by atoms with E-state index in [1.54, 1.807) is 0 Å². The topological polar surface area (TPSA) is 52.6 Å². The van der Waals surface area contributed by atoms with E-state index in [4.69, 9.17) is 5.11 Å². The lowest BCUT2D eigenvalue weighted by Gasteiger charge is -2.26. The van der Waals surface area contributed by atoms with Gasteiger partial charge < -0.3 is 15.3 Å². The zero-order valence-corrected chi connectivity index (χ0v) is 13.0. The van der Waals surface area contributed by atoms with E-state index in [9.17, 15) is 4.79 Å². The Morgan fingerprint density at radius 2 is 2.32 bits per heavy atom. The minimum atomic E-state index is 0.0639. The number of aliphatic hydroxyl groups is 1. The molecule has 1 saturated heterocycles. The Labute approximate surface area is 121 Å². The second-order valence-electron chi connectivity index (χ2n) is 5.24. The number of nitrogens with zero attached hydrogens (tertiary/aromatic N) is 1. The fourth-order valence-electron chi connectivity index (χ4n) is 2.43. The van der Waals surface area contributed by atoms with Gasteiger partial charge in [0.05, 0.1) is 0 Å². The first-order chi connectivity index (χ1) is 9.17. The maximum atomic E-state index is 12.2. The van der Waals surface area contributed by atoms with Crippen molar-refractivity contribution in [2.24, 2.45) is 0 Å². The van der Waals surface area contributed by atoms with Crippen LogP contribution in [0.1, 0.15) is 46.0 Å². The van der Waals surface area contributed by atoms with Gasteiger partial charge in [0.1, 0.15) is 0 Å². The molecule has 0 spiro atoms. The molecule has 1 aliphatic rings. The second-order valence-corrected chi connectivity index (χ2v) is 6.81. The van der Waals surface area contributed by atoms with Crippen LogP contribution in [0, 0.1) is 0 Å². The third-order valence-corrected chi connectivity index (χ3v) is 4.67. The van der Waals surface area contributed by atoms with Gasteiger partial charge in [0.2, 0.25) is 0 Å². The Morgan fingerprint density at radius 1 is 1.53 bits per heavy atom. The lowest BCUT2D eigenvalue weighted by molar-refractivity contribution is 0.195. The van der Waals surface area contributed by atoms with E-state index in [2.05, 4.69) is 12.2 Å². The molecule has 0 aromatic heterocycles. The number of amides is 2. The molecule has 0 saturated carbocycles. The lowest BCUT2D eigenvalue weighted by atomic mass is 10.2. The SMILES string of the molecule is CCSC1CCCCN(C(=O)NC(C)CCCO)C1. The fraction of sp³-hybridized carbons (Fsp3) is 0.929. The highest BCUT2D eigenvalue weighted by Crippen LogP contribution is 2.22. The molecule has 4 nitrogen and oxygen atoms in total. The second kappa shape index (κ2) is 9.48. The van der Waals surface area contributed by atoms with Crippen LogP contribution in [0.2, 0.25) is 0 Å². The maximum absolute atomic E-state index is 12.2. The number of hydrogen-bond acceptors (Lipinski definition) is 3. The van der Waals surface area contributed by atoms with Gasteiger partial charge >= 0.3 is 6.03 Å². The number of nitrogens with one attached hydrogen (secondary N) is 1. The monoisotopic (exact) mass is 288 g/mol. The Bertz CT molecular complexity index is 264.